The first kappa shape index (κ1) is 39.9. The SMILES string of the molecule is c1ccc(-c2ccc3c4ccccc4c4c5c6ccccc6c6ccccc6c5n(-c5ccc(-c6nc(-c7ccc8oc9ccccc9c8c7)nc(-c7ccc8oc9ccccc9c8c7)n6)cc5)c4c3c2)cc1. The molecule has 0 bridgehead atoms. The quantitative estimate of drug-likeness (QED) is 0.161. The van der Waals surface area contributed by atoms with Crippen LogP contribution in [0.25, 0.3) is 160 Å². The maximum absolute atomic E-state index is 6.24. The Balaban J connectivity index is 0.956. The first-order valence-electron chi connectivity index (χ1n) is 24.7. The van der Waals surface area contributed by atoms with Crippen molar-refractivity contribution < 1.29 is 8.83 Å². The van der Waals surface area contributed by atoms with Gasteiger partial charge in [0.2, 0.25) is 0 Å². The number of nitrogens with zero attached hydrogens (tertiary/aromatic N) is 4. The van der Waals surface area contributed by atoms with Gasteiger partial charge in [-0.3, -0.25) is 0 Å². The zero-order valence-corrected chi connectivity index (χ0v) is 39.0. The van der Waals surface area contributed by atoms with Gasteiger partial charge in [0.25, 0.3) is 0 Å². The van der Waals surface area contributed by atoms with Gasteiger partial charge in [0, 0.05) is 65.5 Å². The van der Waals surface area contributed by atoms with Crippen LogP contribution in [0, 0.1) is 0 Å². The predicted octanol–water partition coefficient (Wildman–Crippen LogP) is 18.0. The molecule has 0 spiro atoms. The van der Waals surface area contributed by atoms with E-state index in [9.17, 15) is 0 Å². The van der Waals surface area contributed by atoms with Gasteiger partial charge in [0.15, 0.2) is 17.5 Å². The van der Waals surface area contributed by atoms with Crippen LogP contribution in [0.2, 0.25) is 0 Å². The molecule has 0 atom stereocenters. The van der Waals surface area contributed by atoms with Crippen molar-refractivity contribution in [3.8, 4) is 51.0 Å². The van der Waals surface area contributed by atoms with Gasteiger partial charge in [-0.2, -0.15) is 0 Å². The molecule has 6 nitrogen and oxygen atoms in total. The smallest absolute Gasteiger partial charge is 0.164 e. The third-order valence-corrected chi connectivity index (χ3v) is 15.0. The van der Waals surface area contributed by atoms with Gasteiger partial charge in [0.05, 0.1) is 11.0 Å². The standard InChI is InChI=1S/C67H38N4O2/c1-2-14-39(15-3-1)41-28-33-48-46-17-5-8-22-52(46)62-61-51-21-7-4-16-45(51)47-18-6-9-23-53(47)63(61)71(64(62)56(48)36-41)44-31-26-40(27-32-44)65-68-66(42-29-34-59-54(37-42)49-19-10-12-24-57(49)72-59)70-67(69-65)43-30-35-60-55(38-43)50-20-11-13-25-58(50)73-60/h1-38H. The van der Waals surface area contributed by atoms with E-state index < -0.39 is 0 Å². The molecule has 0 N–H and O–H groups in total. The summed E-state index contributed by atoms with van der Waals surface area (Å²) < 4.78 is 15.0. The Bertz CT molecular complexity index is 4840. The molecule has 16 rings (SSSR count). The number of fused-ring (bicyclic) bond motifs is 19. The lowest BCUT2D eigenvalue weighted by Gasteiger charge is -2.15. The van der Waals surface area contributed by atoms with Gasteiger partial charge in [-0.05, 0) is 122 Å². The van der Waals surface area contributed by atoms with Gasteiger partial charge in [-0.1, -0.05) is 152 Å². The van der Waals surface area contributed by atoms with E-state index >= 15 is 0 Å². The van der Waals surface area contributed by atoms with E-state index in [1.165, 1.54) is 76.0 Å². The molecular formula is C67H38N4O2. The highest BCUT2D eigenvalue weighted by molar-refractivity contribution is 6.40. The average Bonchev–Trinajstić information content (AvgIpc) is 4.16. The first-order chi connectivity index (χ1) is 36.2. The number of hydrogen-bond donors (Lipinski definition) is 0. The molecule has 0 unspecified atom stereocenters. The molecule has 0 saturated carbocycles. The molecule has 4 heterocycles. The predicted molar refractivity (Wildman–Crippen MR) is 300 cm³/mol. The lowest BCUT2D eigenvalue weighted by atomic mass is 9.92. The molecule has 0 amide bonds. The van der Waals surface area contributed by atoms with Crippen LogP contribution in [0.1, 0.15) is 0 Å². The van der Waals surface area contributed by atoms with Crippen LogP contribution in [-0.4, -0.2) is 19.5 Å². The summed E-state index contributed by atoms with van der Waals surface area (Å²) in [6, 6.07) is 81.8. The number of furan rings is 2. The second-order valence-corrected chi connectivity index (χ2v) is 19.0. The number of rotatable bonds is 5. The minimum absolute atomic E-state index is 0.571. The molecule has 0 aliphatic heterocycles. The van der Waals surface area contributed by atoms with Crippen molar-refractivity contribution in [1.82, 2.24) is 19.5 Å². The molecule has 16 aromatic rings. The number of aromatic nitrogens is 4. The van der Waals surface area contributed by atoms with E-state index in [1.807, 2.05) is 60.7 Å². The van der Waals surface area contributed by atoms with Crippen molar-refractivity contribution in [2.24, 2.45) is 0 Å². The van der Waals surface area contributed by atoms with Crippen LogP contribution in [0.5, 0.6) is 0 Å². The van der Waals surface area contributed by atoms with E-state index in [-0.39, 0.29) is 0 Å². The second kappa shape index (κ2) is 15.3. The minimum atomic E-state index is 0.571. The van der Waals surface area contributed by atoms with Gasteiger partial charge in [0.1, 0.15) is 22.3 Å². The van der Waals surface area contributed by atoms with Crippen LogP contribution in [0.3, 0.4) is 0 Å². The third kappa shape index (κ3) is 5.95. The Morgan fingerprint density at radius 1 is 0.247 bits per heavy atom. The molecule has 0 radical (unpaired) electrons. The highest BCUT2D eigenvalue weighted by Crippen LogP contribution is 2.48. The Labute approximate surface area is 416 Å². The van der Waals surface area contributed by atoms with Crippen molar-refractivity contribution >= 4 is 109 Å². The molecule has 0 fully saturated rings. The van der Waals surface area contributed by atoms with Crippen LogP contribution in [0.4, 0.5) is 0 Å². The van der Waals surface area contributed by atoms with Gasteiger partial charge in [-0.15, -0.1) is 0 Å². The highest BCUT2D eigenvalue weighted by atomic mass is 16.3. The Hall–Kier alpha value is -9.91. The van der Waals surface area contributed by atoms with Crippen LogP contribution in [0.15, 0.2) is 239 Å². The summed E-state index contributed by atoms with van der Waals surface area (Å²) in [5.41, 5.74) is 11.7. The van der Waals surface area contributed by atoms with Gasteiger partial charge in [-0.25, -0.2) is 15.0 Å². The summed E-state index contributed by atoms with van der Waals surface area (Å²) >= 11 is 0. The summed E-state index contributed by atoms with van der Waals surface area (Å²) in [5, 5.41) is 16.4. The molecule has 0 aliphatic carbocycles. The molecule has 0 aliphatic rings. The molecular weight excluding hydrogens is 893 g/mol. The molecule has 6 heteroatoms. The first-order valence-corrected chi connectivity index (χ1v) is 24.7. The van der Waals surface area contributed by atoms with Crippen molar-refractivity contribution in [3.63, 3.8) is 0 Å². The fourth-order valence-electron chi connectivity index (χ4n) is 11.7. The molecule has 4 aromatic heterocycles. The molecule has 0 saturated heterocycles. The monoisotopic (exact) mass is 930 g/mol. The maximum atomic E-state index is 6.24. The van der Waals surface area contributed by atoms with Crippen molar-refractivity contribution in [1.29, 1.82) is 0 Å². The van der Waals surface area contributed by atoms with E-state index in [0.717, 1.165) is 66.3 Å². The van der Waals surface area contributed by atoms with E-state index in [2.05, 4.69) is 174 Å². The largest absolute Gasteiger partial charge is 0.456 e. The zero-order valence-electron chi connectivity index (χ0n) is 39.0. The van der Waals surface area contributed by atoms with Gasteiger partial charge < -0.3 is 13.4 Å². The number of benzene rings is 12. The lowest BCUT2D eigenvalue weighted by Crippen LogP contribution is -2.01. The summed E-state index contributed by atoms with van der Waals surface area (Å²) in [5.74, 6) is 1.71. The molecule has 12 aromatic carbocycles. The van der Waals surface area contributed by atoms with Crippen LogP contribution < -0.4 is 0 Å². The normalized spacial score (nSPS) is 12.1. The zero-order chi connectivity index (χ0) is 47.7. The van der Waals surface area contributed by atoms with E-state index in [4.69, 9.17) is 23.8 Å². The summed E-state index contributed by atoms with van der Waals surface area (Å²) in [6.07, 6.45) is 0. The fourth-order valence-corrected chi connectivity index (χ4v) is 11.7. The van der Waals surface area contributed by atoms with Crippen molar-refractivity contribution in [2.75, 3.05) is 0 Å². The number of hydrogen-bond acceptors (Lipinski definition) is 5. The van der Waals surface area contributed by atoms with Crippen LogP contribution >= 0.6 is 0 Å². The Kier molecular flexibility index (Phi) is 8.36. The minimum Gasteiger partial charge on any atom is -0.456 e. The van der Waals surface area contributed by atoms with Gasteiger partial charge >= 0.3 is 0 Å². The summed E-state index contributed by atoms with van der Waals surface area (Å²) in [4.78, 5) is 15.8. The summed E-state index contributed by atoms with van der Waals surface area (Å²) in [7, 11) is 0. The lowest BCUT2D eigenvalue weighted by molar-refractivity contribution is 0.668. The highest BCUT2D eigenvalue weighted by Gasteiger charge is 2.24. The topological polar surface area (TPSA) is 69.9 Å². The van der Waals surface area contributed by atoms with E-state index in [1.54, 1.807) is 0 Å². The molecule has 73 heavy (non-hydrogen) atoms. The fraction of sp³-hybridized carbons (Fsp3) is 0. The summed E-state index contributed by atoms with van der Waals surface area (Å²) in [6.45, 7) is 0. The third-order valence-electron chi connectivity index (χ3n) is 15.0. The van der Waals surface area contributed by atoms with E-state index in [0.29, 0.717) is 17.5 Å². The Morgan fingerprint density at radius 2 is 0.630 bits per heavy atom. The van der Waals surface area contributed by atoms with Crippen molar-refractivity contribution in [3.05, 3.63) is 231 Å². The second-order valence-electron chi connectivity index (χ2n) is 19.0. The molecule has 338 valence electrons. The van der Waals surface area contributed by atoms with Crippen LogP contribution in [-0.2, 0) is 0 Å². The average molecular weight is 931 g/mol. The Morgan fingerprint density at radius 3 is 1.19 bits per heavy atom. The van der Waals surface area contributed by atoms with Crippen molar-refractivity contribution in [2.45, 2.75) is 0 Å². The maximum Gasteiger partial charge on any atom is 0.164 e. The number of para-hydroxylation sites is 2.